The topological polar surface area (TPSA) is 133 Å². The van der Waals surface area contributed by atoms with Gasteiger partial charge in [0.25, 0.3) is 5.69 Å². The number of nitrogens with zero attached hydrogens (tertiary/aromatic N) is 2. The molecule has 0 spiro atoms. The number of ketones is 1. The summed E-state index contributed by atoms with van der Waals surface area (Å²) < 4.78 is 9.97. The van der Waals surface area contributed by atoms with Crippen LogP contribution in [-0.4, -0.2) is 48.3 Å². The van der Waals surface area contributed by atoms with Gasteiger partial charge in [-0.3, -0.25) is 24.5 Å². The Balaban J connectivity index is 1.58. The lowest BCUT2D eigenvalue weighted by molar-refractivity contribution is -0.384. The zero-order chi connectivity index (χ0) is 23.3. The van der Waals surface area contributed by atoms with Crippen molar-refractivity contribution in [3.05, 3.63) is 69.8 Å². The smallest absolute Gasteiger partial charge is 0.338 e. The molecule has 1 fully saturated rings. The first-order chi connectivity index (χ1) is 15.3. The maximum absolute atomic E-state index is 12.4. The standard InChI is InChI=1S/C22H20N2O8/c1-2-31-21(27)14-6-8-17(9-7-14)23-12-16(11-20(23)26)22(28)32-13-19(25)15-4-3-5-18(10-15)24(29)30/h3-10,16H,2,11-13H2,1H3/t16-/m0/s1. The molecule has 10 nitrogen and oxygen atoms in total. The van der Waals surface area contributed by atoms with Gasteiger partial charge in [-0.25, -0.2) is 4.79 Å². The third-order valence-corrected chi connectivity index (χ3v) is 4.87. The van der Waals surface area contributed by atoms with E-state index in [4.69, 9.17) is 9.47 Å². The molecule has 10 heteroatoms. The van der Waals surface area contributed by atoms with Gasteiger partial charge in [-0.2, -0.15) is 0 Å². The van der Waals surface area contributed by atoms with E-state index in [1.54, 1.807) is 19.1 Å². The molecule has 0 bridgehead atoms. The summed E-state index contributed by atoms with van der Waals surface area (Å²) in [5.74, 6) is -2.81. The molecule has 0 unspecified atom stereocenters. The highest BCUT2D eigenvalue weighted by molar-refractivity contribution is 6.01. The predicted octanol–water partition coefficient (Wildman–Crippen LogP) is 2.55. The minimum absolute atomic E-state index is 0.0535. The zero-order valence-corrected chi connectivity index (χ0v) is 17.2. The molecule has 0 aromatic heterocycles. The van der Waals surface area contributed by atoms with Gasteiger partial charge >= 0.3 is 11.9 Å². The monoisotopic (exact) mass is 440 g/mol. The van der Waals surface area contributed by atoms with Crippen molar-refractivity contribution in [3.8, 4) is 0 Å². The van der Waals surface area contributed by atoms with Gasteiger partial charge in [0, 0.05) is 36.3 Å². The number of esters is 2. The molecule has 166 valence electrons. The summed E-state index contributed by atoms with van der Waals surface area (Å²) in [6, 6.07) is 11.4. The molecule has 0 N–H and O–H groups in total. The molecule has 0 saturated carbocycles. The van der Waals surface area contributed by atoms with E-state index in [0.29, 0.717) is 11.3 Å². The Morgan fingerprint density at radius 1 is 1.09 bits per heavy atom. The van der Waals surface area contributed by atoms with Crippen LogP contribution in [0.3, 0.4) is 0 Å². The second kappa shape index (κ2) is 9.82. The Morgan fingerprint density at radius 3 is 2.47 bits per heavy atom. The molecular weight excluding hydrogens is 420 g/mol. The fourth-order valence-electron chi connectivity index (χ4n) is 3.24. The molecule has 2 aromatic carbocycles. The summed E-state index contributed by atoms with van der Waals surface area (Å²) in [7, 11) is 0. The van der Waals surface area contributed by atoms with Crippen LogP contribution in [0.25, 0.3) is 0 Å². The van der Waals surface area contributed by atoms with Crippen LogP contribution in [0.4, 0.5) is 11.4 Å². The number of amides is 1. The number of hydrogen-bond acceptors (Lipinski definition) is 8. The lowest BCUT2D eigenvalue weighted by Crippen LogP contribution is -2.27. The van der Waals surface area contributed by atoms with E-state index in [9.17, 15) is 29.3 Å². The highest BCUT2D eigenvalue weighted by Crippen LogP contribution is 2.26. The van der Waals surface area contributed by atoms with Crippen molar-refractivity contribution < 1.29 is 33.6 Å². The Morgan fingerprint density at radius 2 is 1.81 bits per heavy atom. The van der Waals surface area contributed by atoms with Gasteiger partial charge in [0.05, 0.1) is 23.0 Å². The number of rotatable bonds is 8. The SMILES string of the molecule is CCOC(=O)c1ccc(N2C[C@@H](C(=O)OCC(=O)c3cccc([N+](=O)[O-])c3)CC2=O)cc1. The van der Waals surface area contributed by atoms with E-state index < -0.39 is 35.2 Å². The third kappa shape index (κ3) is 5.15. The summed E-state index contributed by atoms with van der Waals surface area (Å²) in [6.07, 6.45) is -0.0799. The molecule has 1 saturated heterocycles. The summed E-state index contributed by atoms with van der Waals surface area (Å²) in [4.78, 5) is 60.3. The summed E-state index contributed by atoms with van der Waals surface area (Å²) >= 11 is 0. The third-order valence-electron chi connectivity index (χ3n) is 4.87. The van der Waals surface area contributed by atoms with Crippen molar-refractivity contribution in [3.63, 3.8) is 0 Å². The number of hydrogen-bond donors (Lipinski definition) is 0. The van der Waals surface area contributed by atoms with Gasteiger partial charge < -0.3 is 14.4 Å². The number of non-ortho nitro benzene ring substituents is 1. The number of anilines is 1. The number of ether oxygens (including phenoxy) is 2. The average Bonchev–Trinajstić information content (AvgIpc) is 3.19. The van der Waals surface area contributed by atoms with Crippen molar-refractivity contribution >= 4 is 35.0 Å². The average molecular weight is 440 g/mol. The number of Topliss-reactive ketones (excluding diaryl/α,β-unsaturated/α-hetero) is 1. The van der Waals surface area contributed by atoms with E-state index in [0.717, 1.165) is 6.07 Å². The quantitative estimate of drug-likeness (QED) is 0.265. The lowest BCUT2D eigenvalue weighted by atomic mass is 10.1. The first kappa shape index (κ1) is 22.6. The molecule has 3 rings (SSSR count). The highest BCUT2D eigenvalue weighted by Gasteiger charge is 2.36. The molecule has 1 heterocycles. The molecule has 1 aliphatic heterocycles. The van der Waals surface area contributed by atoms with Crippen molar-refractivity contribution in [2.75, 3.05) is 24.7 Å². The minimum Gasteiger partial charge on any atom is -0.462 e. The largest absolute Gasteiger partial charge is 0.462 e. The van der Waals surface area contributed by atoms with Crippen LogP contribution in [0.15, 0.2) is 48.5 Å². The minimum atomic E-state index is -0.759. The highest BCUT2D eigenvalue weighted by atomic mass is 16.6. The second-order valence-electron chi connectivity index (χ2n) is 7.01. The van der Waals surface area contributed by atoms with Crippen LogP contribution < -0.4 is 4.90 Å². The normalized spacial score (nSPS) is 15.3. The van der Waals surface area contributed by atoms with E-state index in [1.807, 2.05) is 0 Å². The van der Waals surface area contributed by atoms with E-state index in [1.165, 1.54) is 35.2 Å². The molecule has 1 aliphatic rings. The Hall–Kier alpha value is -4.08. The van der Waals surface area contributed by atoms with Gasteiger partial charge in [0.15, 0.2) is 6.61 Å². The maximum Gasteiger partial charge on any atom is 0.338 e. The first-order valence-corrected chi connectivity index (χ1v) is 9.82. The van der Waals surface area contributed by atoms with E-state index >= 15 is 0 Å². The number of benzene rings is 2. The molecule has 0 radical (unpaired) electrons. The van der Waals surface area contributed by atoms with Crippen molar-refractivity contribution in [2.45, 2.75) is 13.3 Å². The lowest BCUT2D eigenvalue weighted by Gasteiger charge is -2.17. The zero-order valence-electron chi connectivity index (χ0n) is 17.2. The maximum atomic E-state index is 12.4. The van der Waals surface area contributed by atoms with Crippen LogP contribution in [0, 0.1) is 16.0 Å². The van der Waals surface area contributed by atoms with Crippen LogP contribution in [0.1, 0.15) is 34.1 Å². The first-order valence-electron chi connectivity index (χ1n) is 9.82. The predicted molar refractivity (Wildman–Crippen MR) is 111 cm³/mol. The second-order valence-corrected chi connectivity index (χ2v) is 7.01. The van der Waals surface area contributed by atoms with Crippen LogP contribution in [0.2, 0.25) is 0 Å². The van der Waals surface area contributed by atoms with Crippen LogP contribution >= 0.6 is 0 Å². The van der Waals surface area contributed by atoms with Gasteiger partial charge in [0.1, 0.15) is 0 Å². The number of carbonyl (C=O) groups excluding carboxylic acids is 4. The van der Waals surface area contributed by atoms with Gasteiger partial charge in [0.2, 0.25) is 11.7 Å². The summed E-state index contributed by atoms with van der Waals surface area (Å²) in [5, 5.41) is 10.8. The Labute approximate surface area is 182 Å². The van der Waals surface area contributed by atoms with Gasteiger partial charge in [-0.1, -0.05) is 12.1 Å². The molecular formula is C22H20N2O8. The van der Waals surface area contributed by atoms with Crippen LogP contribution in [-0.2, 0) is 19.1 Å². The Kier molecular flexibility index (Phi) is 6.93. The van der Waals surface area contributed by atoms with Crippen molar-refractivity contribution in [2.24, 2.45) is 5.92 Å². The number of nitro groups is 1. The summed E-state index contributed by atoms with van der Waals surface area (Å²) in [6.45, 7) is 1.44. The number of nitro benzene ring substituents is 1. The number of carbonyl (C=O) groups is 4. The molecule has 1 atom stereocenters. The Bertz CT molecular complexity index is 1060. The van der Waals surface area contributed by atoms with Crippen LogP contribution in [0.5, 0.6) is 0 Å². The van der Waals surface area contributed by atoms with E-state index in [2.05, 4.69) is 0 Å². The van der Waals surface area contributed by atoms with Crippen molar-refractivity contribution in [1.82, 2.24) is 0 Å². The fraction of sp³-hybridized carbons (Fsp3) is 0.273. The molecule has 0 aliphatic carbocycles. The fourth-order valence-corrected chi connectivity index (χ4v) is 3.24. The molecule has 1 amide bonds. The van der Waals surface area contributed by atoms with Crippen molar-refractivity contribution in [1.29, 1.82) is 0 Å². The van der Waals surface area contributed by atoms with Gasteiger partial charge in [-0.05, 0) is 31.2 Å². The van der Waals surface area contributed by atoms with E-state index in [-0.39, 0.29) is 36.7 Å². The molecule has 2 aromatic rings. The summed E-state index contributed by atoms with van der Waals surface area (Å²) in [5.41, 5.74) is 0.676. The van der Waals surface area contributed by atoms with Gasteiger partial charge in [-0.15, -0.1) is 0 Å². The molecule has 32 heavy (non-hydrogen) atoms.